The van der Waals surface area contributed by atoms with E-state index in [1.54, 1.807) is 0 Å². The van der Waals surface area contributed by atoms with Gasteiger partial charge in [-0.2, -0.15) is 5.26 Å². The molecule has 2 heteroatoms. The molecule has 0 aromatic heterocycles. The van der Waals surface area contributed by atoms with Crippen LogP contribution >= 0.6 is 0 Å². The van der Waals surface area contributed by atoms with Gasteiger partial charge in [-0.05, 0) is 17.4 Å². The summed E-state index contributed by atoms with van der Waals surface area (Å²) in [6.45, 7) is 4.81. The molecule has 0 heterocycles. The van der Waals surface area contributed by atoms with Crippen molar-refractivity contribution in [2.45, 2.75) is 13.8 Å². The van der Waals surface area contributed by atoms with Crippen LogP contribution in [0, 0.1) is 17.2 Å². The molecule has 0 N–H and O–H groups in total. The number of nitrogens with zero attached hydrogens (tertiary/aromatic N) is 1. The van der Waals surface area contributed by atoms with Crippen LogP contribution in [-0.4, -0.2) is 6.61 Å². The lowest BCUT2D eigenvalue weighted by Crippen LogP contribution is -2.05. The second-order valence-corrected chi connectivity index (χ2v) is 4.48. The largest absolute Gasteiger partial charge is 0.492 e. The van der Waals surface area contributed by atoms with Gasteiger partial charge in [0.25, 0.3) is 0 Å². The van der Waals surface area contributed by atoms with Gasteiger partial charge < -0.3 is 4.74 Å². The maximum Gasteiger partial charge on any atom is 0.137 e. The standard InChI is InChI=1S/C15H15NO/c1-11(2)10-17-15-8-7-12-5-3-4-6-13(12)14(15)9-16/h3-8,11H,10H2,1-2H3. The second-order valence-electron chi connectivity index (χ2n) is 4.48. The molecule has 2 rings (SSSR count). The molecule has 0 spiro atoms. The molecule has 86 valence electrons. The Morgan fingerprint density at radius 2 is 1.94 bits per heavy atom. The normalized spacial score (nSPS) is 10.5. The maximum atomic E-state index is 9.25. The lowest BCUT2D eigenvalue weighted by atomic mass is 10.0. The number of hydrogen-bond acceptors (Lipinski definition) is 2. The Balaban J connectivity index is 2.47. The highest BCUT2D eigenvalue weighted by atomic mass is 16.5. The summed E-state index contributed by atoms with van der Waals surface area (Å²) in [4.78, 5) is 0. The highest BCUT2D eigenvalue weighted by molar-refractivity contribution is 5.90. The van der Waals surface area contributed by atoms with E-state index in [1.165, 1.54) is 0 Å². The van der Waals surface area contributed by atoms with Gasteiger partial charge in [-0.3, -0.25) is 0 Å². The molecule has 0 bridgehead atoms. The zero-order chi connectivity index (χ0) is 12.3. The summed E-state index contributed by atoms with van der Waals surface area (Å²) in [6, 6.07) is 14.0. The summed E-state index contributed by atoms with van der Waals surface area (Å²) >= 11 is 0. The molecule has 0 saturated heterocycles. The first-order valence-electron chi connectivity index (χ1n) is 5.77. The molecule has 0 unspecified atom stereocenters. The van der Waals surface area contributed by atoms with Crippen LogP contribution in [0.2, 0.25) is 0 Å². The third-order valence-corrected chi connectivity index (χ3v) is 2.57. The molecular formula is C15H15NO. The lowest BCUT2D eigenvalue weighted by Gasteiger charge is -2.11. The van der Waals surface area contributed by atoms with Crippen molar-refractivity contribution in [3.05, 3.63) is 42.0 Å². The Labute approximate surface area is 101 Å². The van der Waals surface area contributed by atoms with Crippen molar-refractivity contribution in [3.8, 4) is 11.8 Å². The summed E-state index contributed by atoms with van der Waals surface area (Å²) in [5.74, 6) is 1.13. The predicted molar refractivity (Wildman–Crippen MR) is 69.0 cm³/mol. The molecule has 0 atom stereocenters. The van der Waals surface area contributed by atoms with E-state index in [0.717, 1.165) is 10.8 Å². The van der Waals surface area contributed by atoms with Crippen LogP contribution in [0.3, 0.4) is 0 Å². The van der Waals surface area contributed by atoms with E-state index >= 15 is 0 Å². The van der Waals surface area contributed by atoms with Crippen molar-refractivity contribution < 1.29 is 4.74 Å². The van der Waals surface area contributed by atoms with E-state index in [-0.39, 0.29) is 0 Å². The number of ether oxygens (including phenoxy) is 1. The first kappa shape index (κ1) is 11.5. The first-order valence-corrected chi connectivity index (χ1v) is 5.77. The van der Waals surface area contributed by atoms with Crippen molar-refractivity contribution in [1.29, 1.82) is 5.26 Å². The van der Waals surface area contributed by atoms with Gasteiger partial charge >= 0.3 is 0 Å². The lowest BCUT2D eigenvalue weighted by molar-refractivity contribution is 0.270. The topological polar surface area (TPSA) is 33.0 Å². The van der Waals surface area contributed by atoms with Gasteiger partial charge in [-0.15, -0.1) is 0 Å². The molecule has 17 heavy (non-hydrogen) atoms. The third-order valence-electron chi connectivity index (χ3n) is 2.57. The maximum absolute atomic E-state index is 9.25. The monoisotopic (exact) mass is 225 g/mol. The zero-order valence-corrected chi connectivity index (χ0v) is 10.1. The summed E-state index contributed by atoms with van der Waals surface area (Å²) in [7, 11) is 0. The third kappa shape index (κ3) is 2.39. The number of hydrogen-bond donors (Lipinski definition) is 0. The first-order chi connectivity index (χ1) is 8.22. The molecule has 0 amide bonds. The SMILES string of the molecule is CC(C)COc1ccc2ccccc2c1C#N. The predicted octanol–water partition coefficient (Wildman–Crippen LogP) is 3.75. The molecule has 2 aromatic rings. The number of benzene rings is 2. The van der Waals surface area contributed by atoms with Crippen molar-refractivity contribution in [2.24, 2.45) is 5.92 Å². The molecule has 0 fully saturated rings. The highest BCUT2D eigenvalue weighted by Gasteiger charge is 2.08. The summed E-state index contributed by atoms with van der Waals surface area (Å²) in [5, 5.41) is 11.3. The Morgan fingerprint density at radius 3 is 2.65 bits per heavy atom. The summed E-state index contributed by atoms with van der Waals surface area (Å²) in [5.41, 5.74) is 0.628. The Hall–Kier alpha value is -2.01. The highest BCUT2D eigenvalue weighted by Crippen LogP contribution is 2.27. The average molecular weight is 225 g/mol. The molecule has 0 aliphatic rings. The fraction of sp³-hybridized carbons (Fsp3) is 0.267. The Kier molecular flexibility index (Phi) is 3.30. The van der Waals surface area contributed by atoms with Gasteiger partial charge in [0.1, 0.15) is 17.4 Å². The molecule has 0 radical (unpaired) electrons. The van der Waals surface area contributed by atoms with Crippen LogP contribution in [-0.2, 0) is 0 Å². The van der Waals surface area contributed by atoms with E-state index in [0.29, 0.717) is 23.8 Å². The average Bonchev–Trinajstić information content (AvgIpc) is 2.35. The smallest absolute Gasteiger partial charge is 0.137 e. The van der Waals surface area contributed by atoms with Crippen molar-refractivity contribution in [1.82, 2.24) is 0 Å². The molecule has 2 aromatic carbocycles. The van der Waals surface area contributed by atoms with E-state index in [9.17, 15) is 5.26 Å². The minimum Gasteiger partial charge on any atom is -0.492 e. The second kappa shape index (κ2) is 4.88. The van der Waals surface area contributed by atoms with Crippen LogP contribution in [0.25, 0.3) is 10.8 Å². The van der Waals surface area contributed by atoms with Crippen LogP contribution in [0.15, 0.2) is 36.4 Å². The van der Waals surface area contributed by atoms with Crippen LogP contribution in [0.4, 0.5) is 0 Å². The van der Waals surface area contributed by atoms with E-state index in [1.807, 2.05) is 36.4 Å². The van der Waals surface area contributed by atoms with Gasteiger partial charge in [0.15, 0.2) is 0 Å². The summed E-state index contributed by atoms with van der Waals surface area (Å²) < 4.78 is 5.68. The zero-order valence-electron chi connectivity index (χ0n) is 10.1. The number of rotatable bonds is 3. The van der Waals surface area contributed by atoms with Crippen molar-refractivity contribution in [2.75, 3.05) is 6.61 Å². The van der Waals surface area contributed by atoms with Crippen molar-refractivity contribution in [3.63, 3.8) is 0 Å². The fourth-order valence-electron chi connectivity index (χ4n) is 1.74. The Bertz CT molecular complexity index is 567. The molecule has 0 aliphatic heterocycles. The van der Waals surface area contributed by atoms with E-state index in [2.05, 4.69) is 19.9 Å². The van der Waals surface area contributed by atoms with Gasteiger partial charge in [0.2, 0.25) is 0 Å². The minimum absolute atomic E-state index is 0.452. The van der Waals surface area contributed by atoms with Gasteiger partial charge in [0, 0.05) is 5.39 Å². The quantitative estimate of drug-likeness (QED) is 0.797. The van der Waals surface area contributed by atoms with Crippen LogP contribution in [0.5, 0.6) is 5.75 Å². The van der Waals surface area contributed by atoms with Gasteiger partial charge in [0.05, 0.1) is 6.61 Å². The number of fused-ring (bicyclic) bond motifs is 1. The molecular weight excluding hydrogens is 210 g/mol. The molecule has 0 saturated carbocycles. The van der Waals surface area contributed by atoms with E-state index < -0.39 is 0 Å². The van der Waals surface area contributed by atoms with E-state index in [4.69, 9.17) is 4.74 Å². The molecule has 2 nitrogen and oxygen atoms in total. The van der Waals surface area contributed by atoms with Crippen molar-refractivity contribution >= 4 is 10.8 Å². The van der Waals surface area contributed by atoms with Crippen LogP contribution < -0.4 is 4.74 Å². The molecule has 0 aliphatic carbocycles. The van der Waals surface area contributed by atoms with Gasteiger partial charge in [-0.25, -0.2) is 0 Å². The van der Waals surface area contributed by atoms with Gasteiger partial charge in [-0.1, -0.05) is 44.2 Å². The number of nitriles is 1. The Morgan fingerprint density at radius 1 is 1.18 bits per heavy atom. The van der Waals surface area contributed by atoms with Crippen LogP contribution in [0.1, 0.15) is 19.4 Å². The minimum atomic E-state index is 0.452. The summed E-state index contributed by atoms with van der Waals surface area (Å²) in [6.07, 6.45) is 0. The fourth-order valence-corrected chi connectivity index (χ4v) is 1.74.